The summed E-state index contributed by atoms with van der Waals surface area (Å²) in [5, 5.41) is 6.02. The van der Waals surface area contributed by atoms with Crippen LogP contribution >= 0.6 is 9.24 Å². The third kappa shape index (κ3) is 10.6. The second-order valence-electron chi connectivity index (χ2n) is 11.0. The Labute approximate surface area is 253 Å². The van der Waals surface area contributed by atoms with Gasteiger partial charge in [0.05, 0.1) is 11.7 Å². The number of allylic oxidation sites excluding steroid dienone is 4. The van der Waals surface area contributed by atoms with E-state index in [1.54, 1.807) is 13.0 Å². The standard InChI is InChI=1S/C30H45F5N5O2P/c1-6-16-39(17-11-9-10-12-22(8-3)36-19-21(7-2)30(34,35)43)25(41)15-18-40(20(4)5)24-14-13-23-26(29(31,32)33)28(42)38-37-27(23)24/h7-8,19-20,24H,6,9-18,43H2,1-5H3,(H,38,42)/b21-7+,22-8-,36-19+. The molecular weight excluding hydrogens is 588 g/mol. The lowest BCUT2D eigenvalue weighted by Crippen LogP contribution is -2.39. The third-order valence-electron chi connectivity index (χ3n) is 7.64. The summed E-state index contributed by atoms with van der Waals surface area (Å²) < 4.78 is 67.8. The van der Waals surface area contributed by atoms with E-state index in [0.717, 1.165) is 31.4 Å². The van der Waals surface area contributed by atoms with Crippen LogP contribution in [0.25, 0.3) is 0 Å². The molecule has 1 aromatic rings. The van der Waals surface area contributed by atoms with Gasteiger partial charge in [0, 0.05) is 49.6 Å². The zero-order valence-corrected chi connectivity index (χ0v) is 26.9. The number of amides is 1. The minimum Gasteiger partial charge on any atom is -0.343 e. The minimum atomic E-state index is -4.77. The van der Waals surface area contributed by atoms with Gasteiger partial charge >= 0.3 is 6.18 Å². The normalized spacial score (nSPS) is 16.5. The van der Waals surface area contributed by atoms with E-state index in [9.17, 15) is 31.5 Å². The number of carbonyl (C=O) groups excluding carboxylic acids is 1. The Bertz CT molecular complexity index is 1220. The lowest BCUT2D eigenvalue weighted by Gasteiger charge is -2.33. The first-order chi connectivity index (χ1) is 20.1. The maximum atomic E-state index is 13.6. The summed E-state index contributed by atoms with van der Waals surface area (Å²) in [4.78, 5) is 33.2. The molecule has 242 valence electrons. The summed E-state index contributed by atoms with van der Waals surface area (Å²) in [6.07, 6.45) is 4.10. The number of aliphatic imine (C=N–C) groups is 1. The van der Waals surface area contributed by atoms with Crippen LogP contribution in [-0.4, -0.2) is 63.5 Å². The van der Waals surface area contributed by atoms with Crippen molar-refractivity contribution in [1.82, 2.24) is 20.0 Å². The molecule has 1 N–H and O–H groups in total. The number of halogens is 5. The van der Waals surface area contributed by atoms with E-state index in [0.29, 0.717) is 32.5 Å². The summed E-state index contributed by atoms with van der Waals surface area (Å²) in [5.74, 6) is -0.0212. The maximum Gasteiger partial charge on any atom is 0.422 e. The average molecular weight is 634 g/mol. The zero-order valence-electron chi connectivity index (χ0n) is 25.7. The van der Waals surface area contributed by atoms with Crippen LogP contribution in [0.3, 0.4) is 0 Å². The molecule has 0 fully saturated rings. The SMILES string of the molecule is C\C=C(CCCCCN(CCC)C(=O)CCN(C(C)C)C1CCc2c1n[nH]c(=O)c2C(F)(F)F)/N=C/C(=C\C)C(F)(F)P. The summed E-state index contributed by atoms with van der Waals surface area (Å²) >= 11 is 0. The first kappa shape index (κ1) is 36.7. The van der Waals surface area contributed by atoms with E-state index in [1.165, 1.54) is 21.5 Å². The molecule has 0 saturated carbocycles. The van der Waals surface area contributed by atoms with Crippen molar-refractivity contribution in [3.05, 3.63) is 50.6 Å². The number of unbranched alkanes of at least 4 members (excludes halogenated alkanes) is 2. The molecule has 2 rings (SSSR count). The molecule has 0 bridgehead atoms. The van der Waals surface area contributed by atoms with Gasteiger partial charge in [0.25, 0.3) is 11.2 Å². The molecule has 0 aliphatic heterocycles. The second-order valence-corrected chi connectivity index (χ2v) is 11.7. The molecule has 0 radical (unpaired) electrons. The molecule has 7 nitrogen and oxygen atoms in total. The van der Waals surface area contributed by atoms with E-state index in [4.69, 9.17) is 0 Å². The van der Waals surface area contributed by atoms with E-state index in [1.807, 2.05) is 42.6 Å². The van der Waals surface area contributed by atoms with Crippen LogP contribution in [0.4, 0.5) is 22.0 Å². The zero-order chi connectivity index (χ0) is 32.4. The smallest absolute Gasteiger partial charge is 0.343 e. The summed E-state index contributed by atoms with van der Waals surface area (Å²) in [6, 6.07) is -0.476. The fourth-order valence-corrected chi connectivity index (χ4v) is 5.67. The summed E-state index contributed by atoms with van der Waals surface area (Å²) in [5.41, 5.74) is -4.71. The van der Waals surface area contributed by atoms with E-state index >= 15 is 0 Å². The van der Waals surface area contributed by atoms with Gasteiger partial charge in [-0.15, -0.1) is 0 Å². The highest BCUT2D eigenvalue weighted by Crippen LogP contribution is 2.40. The van der Waals surface area contributed by atoms with Crippen molar-refractivity contribution >= 4 is 21.4 Å². The Kier molecular flexibility index (Phi) is 14.2. The van der Waals surface area contributed by atoms with Gasteiger partial charge in [-0.05, 0) is 71.8 Å². The maximum absolute atomic E-state index is 13.6. The first-order valence-electron chi connectivity index (χ1n) is 14.9. The molecule has 13 heteroatoms. The Morgan fingerprint density at radius 1 is 1.09 bits per heavy atom. The number of hydrogen-bond donors (Lipinski definition) is 1. The van der Waals surface area contributed by atoms with Crippen LogP contribution in [0, 0.1) is 0 Å². The van der Waals surface area contributed by atoms with Gasteiger partial charge in [0.15, 0.2) is 0 Å². The molecule has 1 heterocycles. The van der Waals surface area contributed by atoms with Gasteiger partial charge in [-0.25, -0.2) is 5.10 Å². The Morgan fingerprint density at radius 2 is 1.79 bits per heavy atom. The van der Waals surface area contributed by atoms with Crippen molar-refractivity contribution in [2.45, 2.75) is 110 Å². The van der Waals surface area contributed by atoms with Crippen LogP contribution in [0.1, 0.15) is 102 Å². The molecule has 43 heavy (non-hydrogen) atoms. The van der Waals surface area contributed by atoms with E-state index in [2.05, 4.69) is 10.1 Å². The average Bonchev–Trinajstić information content (AvgIpc) is 3.32. The number of carbonyl (C=O) groups is 1. The van der Waals surface area contributed by atoms with Crippen molar-refractivity contribution in [2.75, 3.05) is 19.6 Å². The van der Waals surface area contributed by atoms with Crippen molar-refractivity contribution in [3.8, 4) is 0 Å². The van der Waals surface area contributed by atoms with Gasteiger partial charge in [0.2, 0.25) is 5.91 Å². The van der Waals surface area contributed by atoms with Crippen molar-refractivity contribution in [1.29, 1.82) is 0 Å². The molecule has 1 aromatic heterocycles. The fraction of sp³-hybridized carbons (Fsp3) is 0.667. The number of aromatic amines is 1. The largest absolute Gasteiger partial charge is 0.422 e. The van der Waals surface area contributed by atoms with Crippen LogP contribution in [-0.2, 0) is 17.4 Å². The number of hydrogen-bond acceptors (Lipinski definition) is 5. The first-order valence-corrected chi connectivity index (χ1v) is 15.5. The van der Waals surface area contributed by atoms with Crippen molar-refractivity contribution in [2.24, 2.45) is 4.99 Å². The Balaban J connectivity index is 1.95. The Morgan fingerprint density at radius 3 is 2.35 bits per heavy atom. The van der Waals surface area contributed by atoms with Crippen LogP contribution in [0.2, 0.25) is 0 Å². The van der Waals surface area contributed by atoms with Crippen LogP contribution in [0.15, 0.2) is 33.2 Å². The monoisotopic (exact) mass is 633 g/mol. The summed E-state index contributed by atoms with van der Waals surface area (Å²) in [7, 11) is 1.51. The third-order valence-corrected chi connectivity index (χ3v) is 7.97. The van der Waals surface area contributed by atoms with E-state index in [-0.39, 0.29) is 41.6 Å². The van der Waals surface area contributed by atoms with E-state index < -0.39 is 29.0 Å². The topological polar surface area (TPSA) is 81.7 Å². The van der Waals surface area contributed by atoms with Gasteiger partial charge in [-0.3, -0.25) is 19.5 Å². The Hall–Kier alpha value is -2.46. The number of H-pyrrole nitrogens is 1. The lowest BCUT2D eigenvalue weighted by atomic mass is 10.1. The predicted octanol–water partition coefficient (Wildman–Crippen LogP) is 7.06. The summed E-state index contributed by atoms with van der Waals surface area (Å²) in [6.45, 7) is 10.7. The highest BCUT2D eigenvalue weighted by atomic mass is 31.0. The fourth-order valence-electron chi connectivity index (χ4n) is 5.43. The number of nitrogens with one attached hydrogen (secondary N) is 1. The molecular formula is C30H45F5N5O2P. The van der Waals surface area contributed by atoms with Gasteiger partial charge in [0.1, 0.15) is 5.56 Å². The molecule has 0 aromatic carbocycles. The predicted molar refractivity (Wildman–Crippen MR) is 163 cm³/mol. The highest BCUT2D eigenvalue weighted by Gasteiger charge is 2.42. The van der Waals surface area contributed by atoms with Gasteiger partial charge in [-0.2, -0.15) is 27.1 Å². The quantitative estimate of drug-likeness (QED) is 0.0915. The second kappa shape index (κ2) is 16.6. The minimum absolute atomic E-state index is 0.0212. The molecule has 0 saturated heterocycles. The van der Waals surface area contributed by atoms with Gasteiger partial charge < -0.3 is 4.90 Å². The molecule has 1 amide bonds. The van der Waals surface area contributed by atoms with Crippen molar-refractivity contribution < 1.29 is 26.7 Å². The molecule has 1 aliphatic carbocycles. The number of fused-ring (bicyclic) bond motifs is 1. The number of aromatic nitrogens is 2. The molecule has 2 unspecified atom stereocenters. The van der Waals surface area contributed by atoms with Crippen molar-refractivity contribution in [3.63, 3.8) is 0 Å². The lowest BCUT2D eigenvalue weighted by molar-refractivity contribution is -0.139. The van der Waals surface area contributed by atoms with Gasteiger partial charge in [-0.1, -0.05) is 34.7 Å². The number of rotatable bonds is 16. The molecule has 1 aliphatic rings. The highest BCUT2D eigenvalue weighted by molar-refractivity contribution is 7.18. The van der Waals surface area contributed by atoms with Crippen LogP contribution < -0.4 is 5.56 Å². The van der Waals surface area contributed by atoms with Crippen LogP contribution in [0.5, 0.6) is 0 Å². The molecule has 0 spiro atoms. The number of alkyl halides is 5. The molecule has 2 atom stereocenters. The number of nitrogens with zero attached hydrogens (tertiary/aromatic N) is 4.